The highest BCUT2D eigenvalue weighted by Crippen LogP contribution is 2.15. The summed E-state index contributed by atoms with van der Waals surface area (Å²) in [7, 11) is 0. The number of hydrogen-bond acceptors (Lipinski definition) is 5. The lowest BCUT2D eigenvalue weighted by Crippen LogP contribution is -2.38. The van der Waals surface area contributed by atoms with Gasteiger partial charge in [-0.25, -0.2) is 9.97 Å². The average Bonchev–Trinajstić information content (AvgIpc) is 2.92. The Hall–Kier alpha value is -2.18. The number of carbonyl (C=O) groups is 2. The molecule has 0 radical (unpaired) electrons. The van der Waals surface area contributed by atoms with E-state index in [-0.39, 0.29) is 5.69 Å². The topological polar surface area (TPSA) is 95.4 Å². The molecule has 7 nitrogen and oxygen atoms in total. The second-order valence-corrected chi connectivity index (χ2v) is 4.47. The third kappa shape index (κ3) is 3.18. The molecule has 0 aliphatic carbocycles. The summed E-state index contributed by atoms with van der Waals surface area (Å²) in [6, 6.07) is 0.529. The standard InChI is InChI=1S/C12H16N4O3/c1-8(11(18)19)14-10(17)9-4-5-13-12(15-9)16-6-2-3-7-16/h4-5,8H,2-3,6-7H2,1H3,(H,14,17)(H,18,19)/t8-/m1/s1. The Morgan fingerprint density at radius 3 is 2.74 bits per heavy atom. The van der Waals surface area contributed by atoms with E-state index in [1.807, 2.05) is 4.90 Å². The number of aromatic nitrogens is 2. The van der Waals surface area contributed by atoms with Gasteiger partial charge < -0.3 is 15.3 Å². The lowest BCUT2D eigenvalue weighted by molar-refractivity contribution is -0.138. The Morgan fingerprint density at radius 1 is 1.42 bits per heavy atom. The minimum atomic E-state index is -1.08. The molecule has 0 unspecified atom stereocenters. The number of anilines is 1. The van der Waals surface area contributed by atoms with E-state index in [1.54, 1.807) is 0 Å². The van der Waals surface area contributed by atoms with Crippen LogP contribution in [0.25, 0.3) is 0 Å². The van der Waals surface area contributed by atoms with Gasteiger partial charge in [0.1, 0.15) is 11.7 Å². The van der Waals surface area contributed by atoms with Crippen molar-refractivity contribution in [3.05, 3.63) is 18.0 Å². The van der Waals surface area contributed by atoms with Crippen molar-refractivity contribution in [3.8, 4) is 0 Å². The van der Waals surface area contributed by atoms with E-state index in [2.05, 4.69) is 15.3 Å². The van der Waals surface area contributed by atoms with E-state index in [0.717, 1.165) is 25.9 Å². The Morgan fingerprint density at radius 2 is 2.11 bits per heavy atom. The van der Waals surface area contributed by atoms with Gasteiger partial charge in [0.25, 0.3) is 5.91 Å². The summed E-state index contributed by atoms with van der Waals surface area (Å²) in [5.41, 5.74) is 0.185. The first kappa shape index (κ1) is 13.3. The normalized spacial score (nSPS) is 16.2. The smallest absolute Gasteiger partial charge is 0.325 e. The van der Waals surface area contributed by atoms with Crippen molar-refractivity contribution >= 4 is 17.8 Å². The summed E-state index contributed by atoms with van der Waals surface area (Å²) in [5, 5.41) is 11.1. The molecule has 1 saturated heterocycles. The van der Waals surface area contributed by atoms with E-state index in [0.29, 0.717) is 5.95 Å². The lowest BCUT2D eigenvalue weighted by Gasteiger charge is -2.15. The number of amides is 1. The van der Waals surface area contributed by atoms with Crippen molar-refractivity contribution < 1.29 is 14.7 Å². The van der Waals surface area contributed by atoms with Gasteiger partial charge in [-0.3, -0.25) is 9.59 Å². The lowest BCUT2D eigenvalue weighted by atomic mass is 10.3. The van der Waals surface area contributed by atoms with Crippen LogP contribution < -0.4 is 10.2 Å². The predicted octanol–water partition coefficient (Wildman–Crippen LogP) is 0.280. The third-order valence-corrected chi connectivity index (χ3v) is 2.98. The van der Waals surface area contributed by atoms with Gasteiger partial charge in [0, 0.05) is 19.3 Å². The van der Waals surface area contributed by atoms with Crippen LogP contribution >= 0.6 is 0 Å². The molecule has 1 aromatic rings. The number of aliphatic carboxylic acids is 1. The first-order chi connectivity index (χ1) is 9.08. The molecule has 2 N–H and O–H groups in total. The highest BCUT2D eigenvalue weighted by atomic mass is 16.4. The Bertz CT molecular complexity index is 486. The zero-order valence-electron chi connectivity index (χ0n) is 10.7. The maximum absolute atomic E-state index is 11.8. The van der Waals surface area contributed by atoms with Gasteiger partial charge in [-0.15, -0.1) is 0 Å². The second-order valence-electron chi connectivity index (χ2n) is 4.47. The van der Waals surface area contributed by atoms with Crippen LogP contribution in [0.4, 0.5) is 5.95 Å². The van der Waals surface area contributed by atoms with E-state index in [9.17, 15) is 9.59 Å². The number of carbonyl (C=O) groups excluding carboxylic acids is 1. The summed E-state index contributed by atoms with van der Waals surface area (Å²) < 4.78 is 0. The molecule has 2 rings (SSSR count). The fraction of sp³-hybridized carbons (Fsp3) is 0.500. The van der Waals surface area contributed by atoms with Gasteiger partial charge in [0.2, 0.25) is 5.95 Å². The molecule has 0 bridgehead atoms. The first-order valence-corrected chi connectivity index (χ1v) is 6.19. The van der Waals surface area contributed by atoms with Crippen LogP contribution in [-0.4, -0.2) is 46.1 Å². The van der Waals surface area contributed by atoms with Gasteiger partial charge in [-0.05, 0) is 25.8 Å². The third-order valence-electron chi connectivity index (χ3n) is 2.98. The van der Waals surface area contributed by atoms with Crippen molar-refractivity contribution in [1.82, 2.24) is 15.3 Å². The highest BCUT2D eigenvalue weighted by Gasteiger charge is 2.19. The minimum absolute atomic E-state index is 0.185. The monoisotopic (exact) mass is 264 g/mol. The molecule has 0 saturated carbocycles. The largest absolute Gasteiger partial charge is 0.480 e. The van der Waals surface area contributed by atoms with E-state index >= 15 is 0 Å². The number of rotatable bonds is 4. The van der Waals surface area contributed by atoms with E-state index < -0.39 is 17.9 Å². The van der Waals surface area contributed by atoms with Crippen LogP contribution in [-0.2, 0) is 4.79 Å². The first-order valence-electron chi connectivity index (χ1n) is 6.19. The van der Waals surface area contributed by atoms with Crippen molar-refractivity contribution in [2.24, 2.45) is 0 Å². The van der Waals surface area contributed by atoms with Crippen LogP contribution in [0.15, 0.2) is 12.3 Å². The maximum atomic E-state index is 11.8. The molecule has 19 heavy (non-hydrogen) atoms. The molecule has 0 aromatic carbocycles. The molecule has 1 aliphatic rings. The van der Waals surface area contributed by atoms with Gasteiger partial charge in [0.15, 0.2) is 0 Å². The number of hydrogen-bond donors (Lipinski definition) is 2. The molecular weight excluding hydrogens is 248 g/mol. The van der Waals surface area contributed by atoms with E-state index in [4.69, 9.17) is 5.11 Å². The Labute approximate surface area is 110 Å². The van der Waals surface area contributed by atoms with Crippen molar-refractivity contribution in [1.29, 1.82) is 0 Å². The summed E-state index contributed by atoms with van der Waals surface area (Å²) in [6.07, 6.45) is 3.70. The molecule has 1 aromatic heterocycles. The molecule has 7 heteroatoms. The van der Waals surface area contributed by atoms with Crippen molar-refractivity contribution in [2.45, 2.75) is 25.8 Å². The number of carboxylic acids is 1. The SMILES string of the molecule is C[C@@H](NC(=O)c1ccnc(N2CCCC2)n1)C(=O)O. The zero-order valence-corrected chi connectivity index (χ0v) is 10.7. The maximum Gasteiger partial charge on any atom is 0.325 e. The minimum Gasteiger partial charge on any atom is -0.480 e. The average molecular weight is 264 g/mol. The van der Waals surface area contributed by atoms with Crippen molar-refractivity contribution in [2.75, 3.05) is 18.0 Å². The van der Waals surface area contributed by atoms with E-state index in [1.165, 1.54) is 19.2 Å². The van der Waals surface area contributed by atoms with Crippen LogP contribution in [0.5, 0.6) is 0 Å². The predicted molar refractivity (Wildman–Crippen MR) is 68.0 cm³/mol. The molecular formula is C12H16N4O3. The molecule has 0 spiro atoms. The highest BCUT2D eigenvalue weighted by molar-refractivity contribution is 5.95. The van der Waals surface area contributed by atoms with Gasteiger partial charge in [-0.1, -0.05) is 0 Å². The van der Waals surface area contributed by atoms with Crippen LogP contribution in [0.2, 0.25) is 0 Å². The molecule has 2 heterocycles. The van der Waals surface area contributed by atoms with Gasteiger partial charge in [0.05, 0.1) is 0 Å². The summed E-state index contributed by atoms with van der Waals surface area (Å²) in [5.74, 6) is -1.06. The van der Waals surface area contributed by atoms with Gasteiger partial charge in [-0.2, -0.15) is 0 Å². The number of carboxylic acid groups (broad SMARTS) is 1. The number of nitrogens with one attached hydrogen (secondary N) is 1. The second kappa shape index (κ2) is 5.64. The Kier molecular flexibility index (Phi) is 3.94. The molecule has 1 fully saturated rings. The molecule has 102 valence electrons. The fourth-order valence-electron chi connectivity index (χ4n) is 1.88. The number of nitrogens with zero attached hydrogens (tertiary/aromatic N) is 3. The van der Waals surface area contributed by atoms with Crippen molar-refractivity contribution in [3.63, 3.8) is 0 Å². The van der Waals surface area contributed by atoms with Crippen LogP contribution in [0.3, 0.4) is 0 Å². The summed E-state index contributed by atoms with van der Waals surface area (Å²) in [4.78, 5) is 32.9. The molecule has 1 aliphatic heterocycles. The van der Waals surface area contributed by atoms with Crippen LogP contribution in [0, 0.1) is 0 Å². The quantitative estimate of drug-likeness (QED) is 0.811. The summed E-state index contributed by atoms with van der Waals surface area (Å²) >= 11 is 0. The Balaban J connectivity index is 2.09. The van der Waals surface area contributed by atoms with Gasteiger partial charge >= 0.3 is 5.97 Å². The molecule has 1 amide bonds. The summed E-state index contributed by atoms with van der Waals surface area (Å²) in [6.45, 7) is 3.18. The zero-order chi connectivity index (χ0) is 13.8. The fourth-order valence-corrected chi connectivity index (χ4v) is 1.88. The molecule has 1 atom stereocenters. The van der Waals surface area contributed by atoms with Crippen LogP contribution in [0.1, 0.15) is 30.3 Å².